The van der Waals surface area contributed by atoms with E-state index >= 15 is 0 Å². The van der Waals surface area contributed by atoms with Gasteiger partial charge in [0, 0.05) is 17.1 Å². The highest BCUT2D eigenvalue weighted by atomic mass is 32.1. The Balaban J connectivity index is 2.14. The summed E-state index contributed by atoms with van der Waals surface area (Å²) in [6, 6.07) is 7.03. The van der Waals surface area contributed by atoms with Gasteiger partial charge in [-0.3, -0.25) is 14.0 Å². The quantitative estimate of drug-likeness (QED) is 0.389. The van der Waals surface area contributed by atoms with Gasteiger partial charge >= 0.3 is 5.97 Å². The summed E-state index contributed by atoms with van der Waals surface area (Å²) in [6.45, 7) is 1.61. The number of carbonyl (C=O) groups is 3. The Kier molecular flexibility index (Phi) is 4.85. The van der Waals surface area contributed by atoms with Crippen LogP contribution in [0.3, 0.4) is 0 Å². The summed E-state index contributed by atoms with van der Waals surface area (Å²) in [6.07, 6.45) is 1.79. The number of rotatable bonds is 7. The van der Waals surface area contributed by atoms with Crippen molar-refractivity contribution in [3.05, 3.63) is 41.5 Å². The molecule has 1 atom stereocenters. The summed E-state index contributed by atoms with van der Waals surface area (Å²) in [5.41, 5.74) is 1.32. The van der Waals surface area contributed by atoms with Gasteiger partial charge in [0.25, 0.3) is 5.78 Å². The maximum absolute atomic E-state index is 13.0. The van der Waals surface area contributed by atoms with Crippen molar-refractivity contribution in [1.82, 2.24) is 9.38 Å². The van der Waals surface area contributed by atoms with Gasteiger partial charge in [-0.1, -0.05) is 6.92 Å². The first-order chi connectivity index (χ1) is 12.5. The van der Waals surface area contributed by atoms with Crippen molar-refractivity contribution in [2.24, 2.45) is 5.92 Å². The van der Waals surface area contributed by atoms with Crippen LogP contribution in [0.4, 0.5) is 0 Å². The van der Waals surface area contributed by atoms with Crippen LogP contribution in [-0.2, 0) is 9.59 Å². The zero-order valence-electron chi connectivity index (χ0n) is 14.1. The zero-order chi connectivity index (χ0) is 18.8. The molecule has 8 heteroatoms. The van der Waals surface area contributed by atoms with Crippen LogP contribution in [0, 0.1) is 5.92 Å². The zero-order valence-corrected chi connectivity index (χ0v) is 14.9. The molecule has 134 valence electrons. The first-order valence-corrected chi connectivity index (χ1v) is 8.77. The van der Waals surface area contributed by atoms with Crippen LogP contribution in [0.15, 0.2) is 35.8 Å². The van der Waals surface area contributed by atoms with Gasteiger partial charge in [-0.25, -0.2) is 9.78 Å². The van der Waals surface area contributed by atoms with Crippen molar-refractivity contribution in [3.63, 3.8) is 0 Å². The number of carboxylic acids is 1. The minimum Gasteiger partial charge on any atom is -0.497 e. The molecule has 0 bridgehead atoms. The molecule has 0 spiro atoms. The predicted molar refractivity (Wildman–Crippen MR) is 95.8 cm³/mol. The van der Waals surface area contributed by atoms with Crippen LogP contribution >= 0.6 is 11.3 Å². The lowest BCUT2D eigenvalue weighted by Crippen LogP contribution is -2.30. The largest absolute Gasteiger partial charge is 0.497 e. The number of imidazole rings is 1. The van der Waals surface area contributed by atoms with Crippen LogP contribution in [0.25, 0.3) is 16.2 Å². The Hall–Kier alpha value is -3.00. The number of carboxylic acid groups (broad SMARTS) is 1. The number of ether oxygens (including phenoxy) is 1. The van der Waals surface area contributed by atoms with Crippen molar-refractivity contribution in [2.45, 2.75) is 13.3 Å². The average molecular weight is 372 g/mol. The third-order valence-electron chi connectivity index (χ3n) is 4.11. The van der Waals surface area contributed by atoms with E-state index in [9.17, 15) is 14.4 Å². The molecule has 3 rings (SSSR count). The lowest BCUT2D eigenvalue weighted by Gasteiger charge is -2.11. The van der Waals surface area contributed by atoms with E-state index in [0.29, 0.717) is 22.0 Å². The molecule has 0 fully saturated rings. The molecule has 1 N–H and O–H groups in total. The Morgan fingerprint density at radius 2 is 1.96 bits per heavy atom. The molecular formula is C18H16N2O5S. The number of ketones is 2. The Labute approximate surface area is 152 Å². The minimum atomic E-state index is -1.61. The minimum absolute atomic E-state index is 0.101. The molecule has 1 unspecified atom stereocenters. The molecule has 26 heavy (non-hydrogen) atoms. The van der Waals surface area contributed by atoms with Crippen molar-refractivity contribution in [3.8, 4) is 17.0 Å². The van der Waals surface area contributed by atoms with E-state index in [2.05, 4.69) is 4.98 Å². The Morgan fingerprint density at radius 1 is 1.27 bits per heavy atom. The van der Waals surface area contributed by atoms with E-state index in [1.807, 2.05) is 0 Å². The molecular weight excluding hydrogens is 356 g/mol. The second-order valence-electron chi connectivity index (χ2n) is 5.59. The van der Waals surface area contributed by atoms with Crippen molar-refractivity contribution in [2.75, 3.05) is 7.11 Å². The summed E-state index contributed by atoms with van der Waals surface area (Å²) in [4.78, 5) is 41.2. The van der Waals surface area contributed by atoms with Gasteiger partial charge in [0.15, 0.2) is 10.7 Å². The van der Waals surface area contributed by atoms with Crippen LogP contribution in [0.2, 0.25) is 0 Å². The van der Waals surface area contributed by atoms with E-state index in [1.165, 1.54) is 11.3 Å². The van der Waals surface area contributed by atoms with E-state index in [-0.39, 0.29) is 12.1 Å². The third-order valence-corrected chi connectivity index (χ3v) is 4.87. The molecule has 0 saturated heterocycles. The SMILES string of the molecule is CCC(C(=O)C(=O)O)C(=O)c1c(-c2ccc(OC)cc2)nc2sccn12. The van der Waals surface area contributed by atoms with E-state index in [0.717, 1.165) is 0 Å². The van der Waals surface area contributed by atoms with Gasteiger partial charge in [-0.05, 0) is 30.7 Å². The summed E-state index contributed by atoms with van der Waals surface area (Å²) in [5.74, 6) is -3.85. The number of carbonyl (C=O) groups excluding carboxylic acids is 2. The standard InChI is InChI=1S/C18H16N2O5S/c1-3-12(16(22)17(23)24)15(21)14-13(19-18-20(14)8-9-26-18)10-4-6-11(25-2)7-5-10/h4-9,12H,3H2,1-2H3,(H,23,24). The number of aromatic nitrogens is 2. The molecule has 2 heterocycles. The molecule has 0 aliphatic carbocycles. The number of methoxy groups -OCH3 is 1. The number of benzene rings is 1. The molecule has 3 aromatic rings. The van der Waals surface area contributed by atoms with Crippen LogP contribution in [0.5, 0.6) is 5.75 Å². The third kappa shape index (κ3) is 2.99. The van der Waals surface area contributed by atoms with Crippen LogP contribution in [-0.4, -0.2) is 39.1 Å². The fraction of sp³-hybridized carbons (Fsp3) is 0.222. The topological polar surface area (TPSA) is 98.0 Å². The monoisotopic (exact) mass is 372 g/mol. The lowest BCUT2D eigenvalue weighted by molar-refractivity contribution is -0.150. The Bertz CT molecular complexity index is 987. The van der Waals surface area contributed by atoms with Gasteiger partial charge in [-0.2, -0.15) is 0 Å². The highest BCUT2D eigenvalue weighted by molar-refractivity contribution is 7.15. The summed E-state index contributed by atoms with van der Waals surface area (Å²) in [7, 11) is 1.56. The molecule has 0 amide bonds. The molecule has 2 aromatic heterocycles. The number of aliphatic carboxylic acids is 1. The maximum atomic E-state index is 13.0. The number of Topliss-reactive ketones (excluding diaryl/α,β-unsaturated/α-hetero) is 2. The number of thiazole rings is 1. The van der Waals surface area contributed by atoms with Crippen LogP contribution in [0.1, 0.15) is 23.8 Å². The van der Waals surface area contributed by atoms with Crippen molar-refractivity contribution < 1.29 is 24.2 Å². The first kappa shape index (κ1) is 17.8. The highest BCUT2D eigenvalue weighted by Crippen LogP contribution is 2.30. The van der Waals surface area contributed by atoms with Crippen molar-refractivity contribution >= 4 is 33.8 Å². The second-order valence-corrected chi connectivity index (χ2v) is 6.46. The molecule has 0 saturated carbocycles. The number of hydrogen-bond donors (Lipinski definition) is 1. The maximum Gasteiger partial charge on any atom is 0.372 e. The van der Waals surface area contributed by atoms with Crippen LogP contribution < -0.4 is 4.74 Å². The molecule has 1 aromatic carbocycles. The molecule has 0 radical (unpaired) electrons. The molecule has 7 nitrogen and oxygen atoms in total. The van der Waals surface area contributed by atoms with Gasteiger partial charge < -0.3 is 9.84 Å². The van der Waals surface area contributed by atoms with Crippen molar-refractivity contribution in [1.29, 1.82) is 0 Å². The predicted octanol–water partition coefficient (Wildman–Crippen LogP) is 2.93. The molecule has 0 aliphatic heterocycles. The normalized spacial score (nSPS) is 12.1. The summed E-state index contributed by atoms with van der Waals surface area (Å²) in [5, 5.41) is 10.8. The average Bonchev–Trinajstić information content (AvgIpc) is 3.22. The fourth-order valence-electron chi connectivity index (χ4n) is 2.78. The van der Waals surface area contributed by atoms with E-state index < -0.39 is 23.5 Å². The Morgan fingerprint density at radius 3 is 2.54 bits per heavy atom. The number of hydrogen-bond acceptors (Lipinski definition) is 6. The summed E-state index contributed by atoms with van der Waals surface area (Å²) >= 11 is 1.35. The highest BCUT2D eigenvalue weighted by Gasteiger charge is 2.34. The van der Waals surface area contributed by atoms with Gasteiger partial charge in [0.1, 0.15) is 17.1 Å². The van der Waals surface area contributed by atoms with Gasteiger partial charge in [0.05, 0.1) is 13.0 Å². The smallest absolute Gasteiger partial charge is 0.372 e. The number of nitrogens with zero attached hydrogens (tertiary/aromatic N) is 2. The van der Waals surface area contributed by atoms with E-state index in [4.69, 9.17) is 9.84 Å². The molecule has 0 aliphatic rings. The number of fused-ring (bicyclic) bond motifs is 1. The van der Waals surface area contributed by atoms with Gasteiger partial charge in [-0.15, -0.1) is 11.3 Å². The summed E-state index contributed by atoms with van der Waals surface area (Å²) < 4.78 is 6.74. The lowest BCUT2D eigenvalue weighted by atomic mass is 9.92. The second kappa shape index (κ2) is 7.09. The van der Waals surface area contributed by atoms with E-state index in [1.54, 1.807) is 54.3 Å². The fourth-order valence-corrected chi connectivity index (χ4v) is 3.49. The first-order valence-electron chi connectivity index (χ1n) is 7.89. The van der Waals surface area contributed by atoms with Gasteiger partial charge in [0.2, 0.25) is 0 Å².